The average Bonchev–Trinajstić information content (AvgIpc) is 2.40. The third-order valence-electron chi connectivity index (χ3n) is 3.66. The molecule has 1 aliphatic rings. The topological polar surface area (TPSA) is 54.5 Å². The Morgan fingerprint density at radius 1 is 1.36 bits per heavy atom. The fourth-order valence-electron chi connectivity index (χ4n) is 2.65. The maximum Gasteiger partial charge on any atom is 0.410 e. The number of carbonyl (C=O) groups excluding carboxylic acids is 1. The van der Waals surface area contributed by atoms with E-state index in [0.29, 0.717) is 6.54 Å². The van der Waals surface area contributed by atoms with E-state index in [2.05, 4.69) is 16.4 Å². The molecule has 5 nitrogen and oxygen atoms in total. The van der Waals surface area contributed by atoms with Crippen LogP contribution in [-0.4, -0.2) is 40.7 Å². The normalized spacial score (nSPS) is 19.0. The molecule has 1 aliphatic heterocycles. The lowest BCUT2D eigenvalue weighted by molar-refractivity contribution is 0.0206. The zero-order chi connectivity index (χ0) is 16.3. The predicted molar refractivity (Wildman–Crippen MR) is 88.2 cm³/mol. The van der Waals surface area contributed by atoms with Crippen LogP contribution in [-0.2, 0) is 4.74 Å². The molecule has 0 spiro atoms. The first-order valence-corrected chi connectivity index (χ1v) is 7.93. The van der Waals surface area contributed by atoms with Gasteiger partial charge in [-0.1, -0.05) is 0 Å². The van der Waals surface area contributed by atoms with Gasteiger partial charge in [-0.05, 0) is 59.6 Å². The highest BCUT2D eigenvalue weighted by Crippen LogP contribution is 2.20. The standard InChI is InChI=1S/C17H27N3O2/c1-12-8-9-15(13(2)18-12)19-14-7-6-10-20(11-14)16(21)22-17(3,4)5/h8-9,14,19H,6-7,10-11H2,1-5H3. The summed E-state index contributed by atoms with van der Waals surface area (Å²) >= 11 is 0. The Balaban J connectivity index is 1.97. The van der Waals surface area contributed by atoms with E-state index in [0.717, 1.165) is 36.5 Å². The lowest BCUT2D eigenvalue weighted by atomic mass is 10.1. The zero-order valence-corrected chi connectivity index (χ0v) is 14.3. The van der Waals surface area contributed by atoms with Crippen molar-refractivity contribution < 1.29 is 9.53 Å². The summed E-state index contributed by atoms with van der Waals surface area (Å²) in [5.74, 6) is 0. The van der Waals surface area contributed by atoms with Crippen LogP contribution in [0.2, 0.25) is 0 Å². The summed E-state index contributed by atoms with van der Waals surface area (Å²) in [5, 5.41) is 3.51. The van der Waals surface area contributed by atoms with E-state index >= 15 is 0 Å². The number of piperidine rings is 1. The van der Waals surface area contributed by atoms with Crippen molar-refractivity contribution in [2.45, 2.75) is 59.1 Å². The molecule has 2 heterocycles. The smallest absolute Gasteiger partial charge is 0.410 e. The van der Waals surface area contributed by atoms with Gasteiger partial charge in [-0.25, -0.2) is 4.79 Å². The lowest BCUT2D eigenvalue weighted by Crippen LogP contribution is -2.47. The number of nitrogens with zero attached hydrogens (tertiary/aromatic N) is 2. The highest BCUT2D eigenvalue weighted by atomic mass is 16.6. The van der Waals surface area contributed by atoms with Gasteiger partial charge in [0.05, 0.1) is 11.4 Å². The minimum absolute atomic E-state index is 0.224. The maximum absolute atomic E-state index is 12.2. The number of aryl methyl sites for hydroxylation is 2. The van der Waals surface area contributed by atoms with Gasteiger partial charge < -0.3 is 15.0 Å². The third kappa shape index (κ3) is 4.61. The van der Waals surface area contributed by atoms with Gasteiger partial charge in [-0.2, -0.15) is 0 Å². The Morgan fingerprint density at radius 2 is 2.09 bits per heavy atom. The first-order valence-electron chi connectivity index (χ1n) is 7.93. The largest absolute Gasteiger partial charge is 0.444 e. The minimum Gasteiger partial charge on any atom is -0.444 e. The summed E-state index contributed by atoms with van der Waals surface area (Å²) in [7, 11) is 0. The van der Waals surface area contributed by atoms with E-state index in [4.69, 9.17) is 4.74 Å². The molecule has 1 aromatic heterocycles. The van der Waals surface area contributed by atoms with Gasteiger partial charge in [0.15, 0.2) is 0 Å². The third-order valence-corrected chi connectivity index (χ3v) is 3.66. The van der Waals surface area contributed by atoms with Crippen LogP contribution in [0.1, 0.15) is 45.0 Å². The molecule has 2 rings (SSSR count). The van der Waals surface area contributed by atoms with E-state index < -0.39 is 5.60 Å². The summed E-state index contributed by atoms with van der Waals surface area (Å²) in [6, 6.07) is 4.30. The van der Waals surface area contributed by atoms with E-state index in [1.165, 1.54) is 0 Å². The number of carbonyl (C=O) groups is 1. The molecular formula is C17H27N3O2. The van der Waals surface area contributed by atoms with Gasteiger partial charge in [0, 0.05) is 24.8 Å². The van der Waals surface area contributed by atoms with E-state index in [-0.39, 0.29) is 12.1 Å². The van der Waals surface area contributed by atoms with Gasteiger partial charge in [-0.3, -0.25) is 4.98 Å². The van der Waals surface area contributed by atoms with Crippen molar-refractivity contribution in [1.82, 2.24) is 9.88 Å². The Hall–Kier alpha value is -1.78. The molecule has 1 saturated heterocycles. The van der Waals surface area contributed by atoms with Gasteiger partial charge in [0.25, 0.3) is 0 Å². The highest BCUT2D eigenvalue weighted by molar-refractivity contribution is 5.68. The molecule has 1 aromatic rings. The Bertz CT molecular complexity index is 537. The van der Waals surface area contributed by atoms with Crippen molar-refractivity contribution in [2.75, 3.05) is 18.4 Å². The predicted octanol–water partition coefficient (Wildman–Crippen LogP) is 3.51. The Morgan fingerprint density at radius 3 is 2.73 bits per heavy atom. The average molecular weight is 305 g/mol. The molecule has 1 unspecified atom stereocenters. The summed E-state index contributed by atoms with van der Waals surface area (Å²) < 4.78 is 5.46. The summed E-state index contributed by atoms with van der Waals surface area (Å²) in [5.41, 5.74) is 2.60. The molecule has 1 fully saturated rings. The van der Waals surface area contributed by atoms with Gasteiger partial charge in [-0.15, -0.1) is 0 Å². The molecule has 1 atom stereocenters. The molecular weight excluding hydrogens is 278 g/mol. The second-order valence-electron chi connectivity index (χ2n) is 7.00. The van der Waals surface area contributed by atoms with E-state index in [1.54, 1.807) is 4.90 Å². The molecule has 0 bridgehead atoms. The highest BCUT2D eigenvalue weighted by Gasteiger charge is 2.27. The van der Waals surface area contributed by atoms with Crippen LogP contribution in [0.25, 0.3) is 0 Å². The second kappa shape index (κ2) is 6.55. The fraction of sp³-hybridized carbons (Fsp3) is 0.647. The maximum atomic E-state index is 12.2. The number of hydrogen-bond acceptors (Lipinski definition) is 4. The van der Waals surface area contributed by atoms with Crippen molar-refractivity contribution >= 4 is 11.8 Å². The molecule has 1 amide bonds. The Kier molecular flexibility index (Phi) is 4.94. The second-order valence-corrected chi connectivity index (χ2v) is 7.00. The Labute approximate surface area is 133 Å². The van der Waals surface area contributed by atoms with Crippen molar-refractivity contribution in [2.24, 2.45) is 0 Å². The van der Waals surface area contributed by atoms with Gasteiger partial charge >= 0.3 is 6.09 Å². The van der Waals surface area contributed by atoms with Gasteiger partial charge in [0.1, 0.15) is 5.60 Å². The number of pyridine rings is 1. The monoisotopic (exact) mass is 305 g/mol. The summed E-state index contributed by atoms with van der Waals surface area (Å²) in [6.07, 6.45) is 1.81. The van der Waals surface area contributed by atoms with Crippen molar-refractivity contribution in [1.29, 1.82) is 0 Å². The van der Waals surface area contributed by atoms with Crippen LogP contribution in [0.5, 0.6) is 0 Å². The number of rotatable bonds is 2. The molecule has 1 N–H and O–H groups in total. The molecule has 122 valence electrons. The summed E-state index contributed by atoms with van der Waals surface area (Å²) in [4.78, 5) is 18.5. The van der Waals surface area contributed by atoms with Gasteiger partial charge in [0.2, 0.25) is 0 Å². The van der Waals surface area contributed by atoms with Crippen LogP contribution in [0.15, 0.2) is 12.1 Å². The first-order chi connectivity index (χ1) is 10.2. The molecule has 22 heavy (non-hydrogen) atoms. The van der Waals surface area contributed by atoms with Crippen molar-refractivity contribution in [3.63, 3.8) is 0 Å². The quantitative estimate of drug-likeness (QED) is 0.908. The van der Waals surface area contributed by atoms with Crippen LogP contribution >= 0.6 is 0 Å². The number of likely N-dealkylation sites (tertiary alicyclic amines) is 1. The van der Waals surface area contributed by atoms with Crippen LogP contribution in [0, 0.1) is 13.8 Å². The number of nitrogens with one attached hydrogen (secondary N) is 1. The van der Waals surface area contributed by atoms with Crippen molar-refractivity contribution in [3.8, 4) is 0 Å². The minimum atomic E-state index is -0.449. The number of aromatic nitrogens is 1. The SMILES string of the molecule is Cc1ccc(NC2CCCN(C(=O)OC(C)(C)C)C2)c(C)n1. The molecule has 5 heteroatoms. The molecule has 0 radical (unpaired) electrons. The molecule has 0 aliphatic carbocycles. The van der Waals surface area contributed by atoms with Crippen molar-refractivity contribution in [3.05, 3.63) is 23.5 Å². The fourth-order valence-corrected chi connectivity index (χ4v) is 2.65. The number of hydrogen-bond donors (Lipinski definition) is 1. The zero-order valence-electron chi connectivity index (χ0n) is 14.3. The first kappa shape index (κ1) is 16.6. The van der Waals surface area contributed by atoms with E-state index in [9.17, 15) is 4.79 Å². The number of ether oxygens (including phenoxy) is 1. The number of amides is 1. The molecule has 0 saturated carbocycles. The number of anilines is 1. The van der Waals surface area contributed by atoms with E-state index in [1.807, 2.05) is 40.7 Å². The summed E-state index contributed by atoms with van der Waals surface area (Å²) in [6.45, 7) is 11.1. The lowest BCUT2D eigenvalue weighted by Gasteiger charge is -2.35. The molecule has 0 aromatic carbocycles. The van der Waals surface area contributed by atoms with Crippen LogP contribution in [0.3, 0.4) is 0 Å². The van der Waals surface area contributed by atoms with Crippen LogP contribution in [0.4, 0.5) is 10.5 Å². The van der Waals surface area contributed by atoms with Crippen LogP contribution < -0.4 is 5.32 Å².